The van der Waals surface area contributed by atoms with E-state index in [1.165, 1.54) is 30.3 Å². The van der Waals surface area contributed by atoms with Crippen LogP contribution in [0.25, 0.3) is 11.0 Å². The van der Waals surface area contributed by atoms with Crippen LogP contribution in [-0.2, 0) is 11.0 Å². The fourth-order valence-electron chi connectivity index (χ4n) is 3.63. The number of hydrogen-bond donors (Lipinski definition) is 1. The molecule has 4 rings (SSSR count). The minimum Gasteiger partial charge on any atom is -0.484 e. The van der Waals surface area contributed by atoms with Gasteiger partial charge in [0.1, 0.15) is 17.3 Å². The summed E-state index contributed by atoms with van der Waals surface area (Å²) in [6.45, 7) is 0.852. The van der Waals surface area contributed by atoms with Gasteiger partial charge in [-0.15, -0.1) is 0 Å². The molecule has 3 aromatic rings. The number of likely N-dealkylation sites (tertiary alicyclic amines) is 1. The number of carbonyl (C=O) groups is 1. The summed E-state index contributed by atoms with van der Waals surface area (Å²) in [6.07, 6.45) is -2.92. The molecular weight excluding hydrogens is 402 g/mol. The topological polar surface area (TPSA) is 58.2 Å². The van der Waals surface area contributed by atoms with Crippen molar-refractivity contribution in [2.75, 3.05) is 19.7 Å². The van der Waals surface area contributed by atoms with Crippen molar-refractivity contribution in [2.24, 2.45) is 0 Å². The summed E-state index contributed by atoms with van der Waals surface area (Å²) in [5.41, 5.74) is 0.608. The monoisotopic (exact) mass is 421 g/mol. The predicted molar refractivity (Wildman–Crippen MR) is 102 cm³/mol. The molecule has 1 fully saturated rings. The number of benzene rings is 1. The van der Waals surface area contributed by atoms with E-state index in [4.69, 9.17) is 4.74 Å². The molecule has 1 saturated heterocycles. The quantitative estimate of drug-likeness (QED) is 0.631. The highest BCUT2D eigenvalue weighted by atomic mass is 19.4. The normalized spacial score (nSPS) is 17.3. The van der Waals surface area contributed by atoms with E-state index in [0.717, 1.165) is 24.6 Å². The van der Waals surface area contributed by atoms with Crippen molar-refractivity contribution >= 4 is 16.9 Å². The molecule has 2 aromatic heterocycles. The first-order chi connectivity index (χ1) is 14.3. The third kappa shape index (κ3) is 4.39. The molecular formula is C21H19F4N3O2. The number of fused-ring (bicyclic) bond motifs is 1. The molecule has 0 saturated carbocycles. The minimum absolute atomic E-state index is 0.0305. The van der Waals surface area contributed by atoms with Crippen molar-refractivity contribution in [1.82, 2.24) is 14.9 Å². The van der Waals surface area contributed by atoms with Gasteiger partial charge >= 0.3 is 6.18 Å². The Bertz CT molecular complexity index is 1050. The third-order valence-corrected chi connectivity index (χ3v) is 5.18. The van der Waals surface area contributed by atoms with Crippen LogP contribution in [0.3, 0.4) is 0 Å². The number of halogens is 4. The Morgan fingerprint density at radius 1 is 1.20 bits per heavy atom. The summed E-state index contributed by atoms with van der Waals surface area (Å²) < 4.78 is 57.0. The lowest BCUT2D eigenvalue weighted by atomic mass is 9.95. The number of hydrogen-bond acceptors (Lipinski definition) is 3. The summed E-state index contributed by atoms with van der Waals surface area (Å²) in [5.74, 6) is -0.210. The average molecular weight is 421 g/mol. The fourth-order valence-corrected chi connectivity index (χ4v) is 3.63. The van der Waals surface area contributed by atoms with E-state index in [1.807, 2.05) is 0 Å². The number of nitrogens with one attached hydrogen (secondary N) is 1. The number of amides is 1. The van der Waals surface area contributed by atoms with Gasteiger partial charge in [0.25, 0.3) is 5.91 Å². The Hall–Kier alpha value is -3.10. The van der Waals surface area contributed by atoms with Crippen LogP contribution >= 0.6 is 0 Å². The standard InChI is InChI=1S/C21H19F4N3O2/c22-14-3-5-15(6-4-14)30-12-20(29)28-9-1-2-13(11-28)17-10-18-16(26-17)7-8-19(27-18)21(23,24)25/h3-8,10,13,26H,1-2,9,11-12H2/t13-/m0/s1. The van der Waals surface area contributed by atoms with E-state index >= 15 is 0 Å². The summed E-state index contributed by atoms with van der Waals surface area (Å²) in [4.78, 5) is 21.0. The van der Waals surface area contributed by atoms with E-state index < -0.39 is 11.9 Å². The van der Waals surface area contributed by atoms with Gasteiger partial charge in [-0.05, 0) is 55.3 Å². The Labute approximate surface area is 169 Å². The number of piperidine rings is 1. The van der Waals surface area contributed by atoms with Crippen LogP contribution in [0.2, 0.25) is 0 Å². The van der Waals surface area contributed by atoms with E-state index in [0.29, 0.717) is 24.4 Å². The molecule has 30 heavy (non-hydrogen) atoms. The third-order valence-electron chi connectivity index (χ3n) is 5.18. The van der Waals surface area contributed by atoms with Crippen molar-refractivity contribution in [1.29, 1.82) is 0 Å². The first-order valence-electron chi connectivity index (χ1n) is 9.52. The molecule has 0 aliphatic carbocycles. The highest BCUT2D eigenvalue weighted by Gasteiger charge is 2.33. The smallest absolute Gasteiger partial charge is 0.433 e. The van der Waals surface area contributed by atoms with Crippen molar-refractivity contribution in [3.8, 4) is 5.75 Å². The Balaban J connectivity index is 1.43. The Morgan fingerprint density at radius 3 is 2.70 bits per heavy atom. The van der Waals surface area contributed by atoms with Crippen LogP contribution in [0, 0.1) is 5.82 Å². The molecule has 9 heteroatoms. The van der Waals surface area contributed by atoms with Gasteiger partial charge in [0.2, 0.25) is 0 Å². The first-order valence-corrected chi connectivity index (χ1v) is 9.52. The van der Waals surface area contributed by atoms with Gasteiger partial charge in [-0.2, -0.15) is 13.2 Å². The largest absolute Gasteiger partial charge is 0.484 e. The van der Waals surface area contributed by atoms with E-state index in [9.17, 15) is 22.4 Å². The minimum atomic E-state index is -4.50. The summed E-state index contributed by atoms with van der Waals surface area (Å²) in [6, 6.07) is 9.36. The van der Waals surface area contributed by atoms with Gasteiger partial charge in [0, 0.05) is 24.7 Å². The van der Waals surface area contributed by atoms with Crippen molar-refractivity contribution < 1.29 is 27.1 Å². The zero-order valence-electron chi connectivity index (χ0n) is 15.9. The first kappa shape index (κ1) is 20.2. The summed E-state index contributed by atoms with van der Waals surface area (Å²) >= 11 is 0. The van der Waals surface area contributed by atoms with E-state index in [-0.39, 0.29) is 29.8 Å². The molecule has 1 atom stereocenters. The molecule has 1 N–H and O–H groups in total. The lowest BCUT2D eigenvalue weighted by molar-refractivity contribution is -0.141. The van der Waals surface area contributed by atoms with Crippen LogP contribution in [0.5, 0.6) is 5.75 Å². The number of nitrogens with zero attached hydrogens (tertiary/aromatic N) is 2. The second-order valence-electron chi connectivity index (χ2n) is 7.27. The maximum atomic E-state index is 12.9. The van der Waals surface area contributed by atoms with Gasteiger partial charge in [-0.1, -0.05) is 0 Å². The Morgan fingerprint density at radius 2 is 1.97 bits per heavy atom. The second-order valence-corrected chi connectivity index (χ2v) is 7.27. The van der Waals surface area contributed by atoms with Gasteiger partial charge < -0.3 is 14.6 Å². The highest BCUT2D eigenvalue weighted by Crippen LogP contribution is 2.32. The number of H-pyrrole nitrogens is 1. The predicted octanol–water partition coefficient (Wildman–Crippen LogP) is 4.51. The number of aromatic amines is 1. The van der Waals surface area contributed by atoms with Crippen LogP contribution in [0.1, 0.15) is 30.1 Å². The number of ether oxygens (including phenoxy) is 1. The highest BCUT2D eigenvalue weighted by molar-refractivity contribution is 5.78. The van der Waals surface area contributed by atoms with Crippen LogP contribution < -0.4 is 4.74 Å². The molecule has 0 bridgehead atoms. The maximum Gasteiger partial charge on any atom is 0.433 e. The molecule has 1 amide bonds. The molecule has 0 spiro atoms. The fraction of sp³-hybridized carbons (Fsp3) is 0.333. The molecule has 1 aliphatic heterocycles. The van der Waals surface area contributed by atoms with E-state index in [2.05, 4.69) is 9.97 Å². The molecule has 158 valence electrons. The summed E-state index contributed by atoms with van der Waals surface area (Å²) in [5, 5.41) is 0. The zero-order chi connectivity index (χ0) is 21.3. The van der Waals surface area contributed by atoms with Crippen molar-refractivity contribution in [3.63, 3.8) is 0 Å². The lowest BCUT2D eigenvalue weighted by Gasteiger charge is -2.32. The van der Waals surface area contributed by atoms with Crippen LogP contribution in [0.15, 0.2) is 42.5 Å². The zero-order valence-corrected chi connectivity index (χ0v) is 15.9. The number of carbonyl (C=O) groups excluding carboxylic acids is 1. The van der Waals surface area contributed by atoms with Gasteiger partial charge in [0.05, 0.1) is 11.0 Å². The second kappa shape index (κ2) is 7.97. The van der Waals surface area contributed by atoms with Crippen molar-refractivity contribution in [2.45, 2.75) is 24.9 Å². The molecule has 1 aromatic carbocycles. The van der Waals surface area contributed by atoms with Crippen LogP contribution in [-0.4, -0.2) is 40.5 Å². The number of alkyl halides is 3. The molecule has 3 heterocycles. The van der Waals surface area contributed by atoms with Gasteiger partial charge in [0.15, 0.2) is 6.61 Å². The lowest BCUT2D eigenvalue weighted by Crippen LogP contribution is -2.41. The van der Waals surface area contributed by atoms with Crippen molar-refractivity contribution in [3.05, 3.63) is 59.7 Å². The molecule has 1 aliphatic rings. The SMILES string of the molecule is O=C(COc1ccc(F)cc1)N1CCC[C@H](c2cc3nc(C(F)(F)F)ccc3[nH]2)C1. The van der Waals surface area contributed by atoms with Gasteiger partial charge in [-0.3, -0.25) is 4.79 Å². The molecule has 0 unspecified atom stereocenters. The number of aromatic nitrogens is 2. The number of pyridine rings is 1. The number of rotatable bonds is 4. The average Bonchev–Trinajstić information content (AvgIpc) is 3.16. The molecule has 5 nitrogen and oxygen atoms in total. The van der Waals surface area contributed by atoms with Gasteiger partial charge in [-0.25, -0.2) is 9.37 Å². The summed E-state index contributed by atoms with van der Waals surface area (Å²) in [7, 11) is 0. The Kier molecular flexibility index (Phi) is 5.36. The molecule has 0 radical (unpaired) electrons. The van der Waals surface area contributed by atoms with E-state index in [1.54, 1.807) is 11.0 Å². The maximum absolute atomic E-state index is 12.9. The van der Waals surface area contributed by atoms with Crippen LogP contribution in [0.4, 0.5) is 17.6 Å².